The van der Waals surface area contributed by atoms with Gasteiger partial charge in [0.25, 0.3) is 0 Å². The fraction of sp³-hybridized carbons (Fsp3) is 0.429. The third kappa shape index (κ3) is 4.39. The number of hydrogen-bond donors (Lipinski definition) is 0. The highest BCUT2D eigenvalue weighted by atomic mass is 19.3. The van der Waals surface area contributed by atoms with Crippen LogP contribution >= 0.6 is 0 Å². The lowest BCUT2D eigenvalue weighted by molar-refractivity contribution is -0.0512. The molecule has 22 heavy (non-hydrogen) atoms. The number of hydrogen-bond acceptors (Lipinski definition) is 6. The van der Waals surface area contributed by atoms with Gasteiger partial charge in [-0.3, -0.25) is 4.90 Å². The molecular weight excluding hydrogens is 296 g/mol. The van der Waals surface area contributed by atoms with Gasteiger partial charge in [0.2, 0.25) is 11.8 Å². The topological polar surface area (TPSA) is 60.6 Å². The molecule has 0 radical (unpaired) electrons. The molecular formula is C14H17F2N3O3. The molecule has 0 spiro atoms. The van der Waals surface area contributed by atoms with Gasteiger partial charge in [-0.15, -0.1) is 10.2 Å². The molecule has 2 aromatic rings. The van der Waals surface area contributed by atoms with E-state index in [-0.39, 0.29) is 11.5 Å². The number of aryl methyl sites for hydroxylation is 1. The molecule has 6 nitrogen and oxygen atoms in total. The van der Waals surface area contributed by atoms with Crippen LogP contribution in [-0.2, 0) is 13.1 Å². The van der Waals surface area contributed by atoms with Gasteiger partial charge in [0.05, 0.1) is 13.7 Å². The maximum Gasteiger partial charge on any atom is 0.387 e. The molecule has 8 heteroatoms. The normalized spacial score (nSPS) is 11.2. The van der Waals surface area contributed by atoms with Crippen LogP contribution in [0.3, 0.4) is 0 Å². The molecule has 0 unspecified atom stereocenters. The SMILES string of the molecule is COc1ccc(CN(C)Cc2nnc(C)o2)cc1OC(F)F. The molecule has 0 aliphatic heterocycles. The number of nitrogens with zero attached hydrogens (tertiary/aromatic N) is 3. The van der Waals surface area contributed by atoms with Gasteiger partial charge in [-0.25, -0.2) is 0 Å². The van der Waals surface area contributed by atoms with Gasteiger partial charge < -0.3 is 13.9 Å². The summed E-state index contributed by atoms with van der Waals surface area (Å²) in [5.41, 5.74) is 0.801. The molecule has 0 amide bonds. The van der Waals surface area contributed by atoms with Crippen LogP contribution in [0.1, 0.15) is 17.3 Å². The van der Waals surface area contributed by atoms with Crippen molar-refractivity contribution in [2.24, 2.45) is 0 Å². The standard InChI is InChI=1S/C14H17F2N3O3/c1-9-17-18-13(21-9)8-19(2)7-10-4-5-11(20-3)12(6-10)22-14(15)16/h4-6,14H,7-8H2,1-3H3. The second-order valence-corrected chi connectivity index (χ2v) is 4.75. The molecule has 1 heterocycles. The molecule has 1 aromatic carbocycles. The van der Waals surface area contributed by atoms with Crippen LogP contribution in [0.2, 0.25) is 0 Å². The van der Waals surface area contributed by atoms with Crippen LogP contribution in [0.25, 0.3) is 0 Å². The summed E-state index contributed by atoms with van der Waals surface area (Å²) in [4.78, 5) is 1.92. The van der Waals surface area contributed by atoms with Crippen LogP contribution in [-0.4, -0.2) is 35.9 Å². The maximum absolute atomic E-state index is 12.4. The highest BCUT2D eigenvalue weighted by Crippen LogP contribution is 2.29. The first-order valence-electron chi connectivity index (χ1n) is 6.57. The van der Waals surface area contributed by atoms with E-state index in [9.17, 15) is 8.78 Å². The average Bonchev–Trinajstić information content (AvgIpc) is 2.83. The minimum atomic E-state index is -2.90. The summed E-state index contributed by atoms with van der Waals surface area (Å²) >= 11 is 0. The van der Waals surface area contributed by atoms with E-state index in [1.54, 1.807) is 19.1 Å². The Balaban J connectivity index is 2.05. The van der Waals surface area contributed by atoms with E-state index in [0.29, 0.717) is 24.9 Å². The van der Waals surface area contributed by atoms with Crippen molar-refractivity contribution in [3.8, 4) is 11.5 Å². The number of rotatable bonds is 7. The zero-order chi connectivity index (χ0) is 16.1. The molecule has 0 bridgehead atoms. The van der Waals surface area contributed by atoms with Crippen LogP contribution < -0.4 is 9.47 Å². The Labute approximate surface area is 126 Å². The number of benzene rings is 1. The molecule has 0 atom stereocenters. The largest absolute Gasteiger partial charge is 0.493 e. The summed E-state index contributed by atoms with van der Waals surface area (Å²) in [7, 11) is 3.26. The van der Waals surface area contributed by atoms with Crippen LogP contribution in [0, 0.1) is 6.92 Å². The first-order chi connectivity index (χ1) is 10.5. The first-order valence-corrected chi connectivity index (χ1v) is 6.57. The lowest BCUT2D eigenvalue weighted by Crippen LogP contribution is -2.17. The molecule has 0 saturated carbocycles. The predicted octanol–water partition coefficient (Wildman–Crippen LogP) is 2.62. The molecule has 120 valence electrons. The highest BCUT2D eigenvalue weighted by molar-refractivity contribution is 5.43. The second-order valence-electron chi connectivity index (χ2n) is 4.75. The fourth-order valence-electron chi connectivity index (χ4n) is 2.01. The average molecular weight is 313 g/mol. The van der Waals surface area contributed by atoms with E-state index in [0.717, 1.165) is 5.56 Å². The lowest BCUT2D eigenvalue weighted by atomic mass is 10.2. The van der Waals surface area contributed by atoms with Gasteiger partial charge in [0, 0.05) is 13.5 Å². The van der Waals surface area contributed by atoms with Crippen molar-refractivity contribution in [2.75, 3.05) is 14.2 Å². The minimum Gasteiger partial charge on any atom is -0.493 e. The number of aromatic nitrogens is 2. The van der Waals surface area contributed by atoms with Gasteiger partial charge in [0.1, 0.15) is 0 Å². The van der Waals surface area contributed by atoms with Gasteiger partial charge in [-0.1, -0.05) is 6.07 Å². The summed E-state index contributed by atoms with van der Waals surface area (Å²) in [5, 5.41) is 7.66. The minimum absolute atomic E-state index is 0.0111. The third-order valence-electron chi connectivity index (χ3n) is 2.87. The van der Waals surface area contributed by atoms with E-state index < -0.39 is 6.61 Å². The highest BCUT2D eigenvalue weighted by Gasteiger charge is 2.13. The van der Waals surface area contributed by atoms with E-state index >= 15 is 0 Å². The van der Waals surface area contributed by atoms with Crippen molar-refractivity contribution in [1.82, 2.24) is 15.1 Å². The maximum atomic E-state index is 12.4. The predicted molar refractivity (Wildman–Crippen MR) is 73.8 cm³/mol. The van der Waals surface area contributed by atoms with Gasteiger partial charge >= 0.3 is 6.61 Å². The molecule has 2 rings (SSSR count). The van der Waals surface area contributed by atoms with Crippen molar-refractivity contribution < 1.29 is 22.7 Å². The summed E-state index contributed by atoms with van der Waals surface area (Å²) in [6.07, 6.45) is 0. The summed E-state index contributed by atoms with van der Waals surface area (Å²) in [6.45, 7) is -0.222. The molecule has 1 aromatic heterocycles. The van der Waals surface area contributed by atoms with Crippen LogP contribution in [0.15, 0.2) is 22.6 Å². The number of alkyl halides is 2. The molecule has 0 aliphatic rings. The van der Waals surface area contributed by atoms with E-state index in [4.69, 9.17) is 9.15 Å². The Morgan fingerprint density at radius 1 is 1.23 bits per heavy atom. The Kier molecular flexibility index (Phi) is 5.26. The lowest BCUT2D eigenvalue weighted by Gasteiger charge is -2.16. The third-order valence-corrected chi connectivity index (χ3v) is 2.87. The van der Waals surface area contributed by atoms with Crippen molar-refractivity contribution in [2.45, 2.75) is 26.6 Å². The fourth-order valence-corrected chi connectivity index (χ4v) is 2.01. The molecule has 0 aliphatic carbocycles. The zero-order valence-electron chi connectivity index (χ0n) is 12.5. The van der Waals surface area contributed by atoms with E-state index in [1.165, 1.54) is 13.2 Å². The first kappa shape index (κ1) is 16.2. The van der Waals surface area contributed by atoms with E-state index in [2.05, 4.69) is 14.9 Å². The Bertz CT molecular complexity index is 619. The molecule has 0 fully saturated rings. The van der Waals surface area contributed by atoms with Gasteiger partial charge in [-0.2, -0.15) is 8.78 Å². The molecule has 0 saturated heterocycles. The van der Waals surface area contributed by atoms with Crippen molar-refractivity contribution in [3.63, 3.8) is 0 Å². The van der Waals surface area contributed by atoms with Gasteiger partial charge in [0.15, 0.2) is 11.5 Å². The molecule has 0 N–H and O–H groups in total. The second kappa shape index (κ2) is 7.17. The Morgan fingerprint density at radius 3 is 2.59 bits per heavy atom. The van der Waals surface area contributed by atoms with Crippen LogP contribution in [0.5, 0.6) is 11.5 Å². The van der Waals surface area contributed by atoms with Crippen LogP contribution in [0.4, 0.5) is 8.78 Å². The van der Waals surface area contributed by atoms with Crippen molar-refractivity contribution in [3.05, 3.63) is 35.5 Å². The summed E-state index contributed by atoms with van der Waals surface area (Å²) < 4.78 is 39.6. The quantitative estimate of drug-likeness (QED) is 0.783. The van der Waals surface area contributed by atoms with Gasteiger partial charge in [-0.05, 0) is 24.7 Å². The monoisotopic (exact) mass is 313 g/mol. The van der Waals surface area contributed by atoms with Crippen molar-refractivity contribution >= 4 is 0 Å². The zero-order valence-corrected chi connectivity index (χ0v) is 12.5. The summed E-state index contributed by atoms with van der Waals surface area (Å²) in [5.74, 6) is 1.27. The number of ether oxygens (including phenoxy) is 2. The Morgan fingerprint density at radius 2 is 2.00 bits per heavy atom. The Hall–Kier alpha value is -2.22. The van der Waals surface area contributed by atoms with Crippen molar-refractivity contribution in [1.29, 1.82) is 0 Å². The number of halogens is 2. The van der Waals surface area contributed by atoms with E-state index in [1.807, 2.05) is 11.9 Å². The smallest absolute Gasteiger partial charge is 0.387 e. The number of methoxy groups -OCH3 is 1. The summed E-state index contributed by atoms with van der Waals surface area (Å²) in [6, 6.07) is 4.91.